The molecule has 0 amide bonds. The van der Waals surface area contributed by atoms with Crippen molar-refractivity contribution in [3.05, 3.63) is 66.1 Å². The Labute approximate surface area is 152 Å². The maximum atomic E-state index is 14.4. The van der Waals surface area contributed by atoms with Gasteiger partial charge < -0.3 is 9.88 Å². The molecule has 1 aliphatic rings. The van der Waals surface area contributed by atoms with Gasteiger partial charge in [0.05, 0.1) is 11.2 Å². The lowest BCUT2D eigenvalue weighted by Crippen LogP contribution is -2.00. The fraction of sp³-hybridized carbons (Fsp3) is 0.100. The number of aromatic nitrogens is 3. The number of nitrogens with one attached hydrogen (secondary N) is 1. The van der Waals surface area contributed by atoms with Crippen LogP contribution in [0.5, 0.6) is 0 Å². The van der Waals surface area contributed by atoms with Crippen LogP contribution >= 0.6 is 0 Å². The standard InChI is InChI=1S/C20H13F3N4/c21-14-10-16(23)15(22)9-13(14)18-19(27-7-6-25-20(27)26-18)12-3-4-17-11(8-12)2-1-5-24-17/h1-5,8-10H,6-7H2,(H,25,26). The summed E-state index contributed by atoms with van der Waals surface area (Å²) in [6, 6.07) is 10.9. The van der Waals surface area contributed by atoms with E-state index in [0.717, 1.165) is 22.5 Å². The van der Waals surface area contributed by atoms with Gasteiger partial charge in [-0.25, -0.2) is 18.2 Å². The largest absolute Gasteiger partial charge is 0.354 e. The van der Waals surface area contributed by atoms with Crippen LogP contribution in [-0.2, 0) is 6.54 Å². The van der Waals surface area contributed by atoms with Crippen molar-refractivity contribution in [2.24, 2.45) is 0 Å². The maximum absolute atomic E-state index is 14.4. The van der Waals surface area contributed by atoms with Gasteiger partial charge in [0.1, 0.15) is 11.5 Å². The molecule has 0 saturated carbocycles. The smallest absolute Gasteiger partial charge is 0.204 e. The first-order chi connectivity index (χ1) is 13.1. The number of pyridine rings is 1. The van der Waals surface area contributed by atoms with Crippen LogP contribution in [0.25, 0.3) is 33.4 Å². The van der Waals surface area contributed by atoms with Gasteiger partial charge in [0.25, 0.3) is 0 Å². The summed E-state index contributed by atoms with van der Waals surface area (Å²) in [5.41, 5.74) is 2.50. The van der Waals surface area contributed by atoms with Gasteiger partial charge in [-0.1, -0.05) is 12.1 Å². The van der Waals surface area contributed by atoms with Crippen molar-refractivity contribution in [2.75, 3.05) is 11.9 Å². The van der Waals surface area contributed by atoms with E-state index in [2.05, 4.69) is 15.3 Å². The monoisotopic (exact) mass is 366 g/mol. The number of rotatable bonds is 2. The Hall–Kier alpha value is -3.35. The molecule has 0 unspecified atom stereocenters. The van der Waals surface area contributed by atoms with E-state index in [1.165, 1.54) is 0 Å². The highest BCUT2D eigenvalue weighted by Crippen LogP contribution is 2.38. The summed E-state index contributed by atoms with van der Waals surface area (Å²) in [6.07, 6.45) is 1.71. The third-order valence-corrected chi connectivity index (χ3v) is 4.73. The molecule has 4 aromatic rings. The second kappa shape index (κ2) is 5.84. The minimum atomic E-state index is -1.22. The number of anilines is 1. The number of benzene rings is 2. The Morgan fingerprint density at radius 1 is 0.963 bits per heavy atom. The lowest BCUT2D eigenvalue weighted by Gasteiger charge is -2.10. The fourth-order valence-electron chi connectivity index (χ4n) is 3.49. The molecule has 0 aliphatic carbocycles. The van der Waals surface area contributed by atoms with E-state index in [9.17, 15) is 13.2 Å². The number of hydrogen-bond acceptors (Lipinski definition) is 3. The molecule has 2 aromatic heterocycles. The van der Waals surface area contributed by atoms with Crippen LogP contribution in [-0.4, -0.2) is 21.1 Å². The lowest BCUT2D eigenvalue weighted by atomic mass is 10.0. The average Bonchev–Trinajstić information content (AvgIpc) is 3.25. The summed E-state index contributed by atoms with van der Waals surface area (Å²) in [5, 5.41) is 4.06. The number of fused-ring (bicyclic) bond motifs is 2. The minimum absolute atomic E-state index is 0.0705. The summed E-state index contributed by atoms with van der Waals surface area (Å²) in [6.45, 7) is 1.35. The molecule has 7 heteroatoms. The van der Waals surface area contributed by atoms with E-state index in [0.29, 0.717) is 30.8 Å². The SMILES string of the molecule is Fc1cc(F)c(-c2nc3n(c2-c2ccc4ncccc4c2)CCN3)cc1F. The molecule has 4 nitrogen and oxygen atoms in total. The highest BCUT2D eigenvalue weighted by Gasteiger charge is 2.25. The van der Waals surface area contributed by atoms with Crippen LogP contribution in [0.3, 0.4) is 0 Å². The molecule has 3 heterocycles. The van der Waals surface area contributed by atoms with Gasteiger partial charge in [0.15, 0.2) is 11.6 Å². The van der Waals surface area contributed by atoms with E-state index in [-0.39, 0.29) is 11.3 Å². The van der Waals surface area contributed by atoms with E-state index >= 15 is 0 Å². The molecule has 0 bridgehead atoms. The number of imidazole rings is 1. The minimum Gasteiger partial charge on any atom is -0.354 e. The van der Waals surface area contributed by atoms with Gasteiger partial charge in [-0.15, -0.1) is 0 Å². The molecule has 0 spiro atoms. The fourth-order valence-corrected chi connectivity index (χ4v) is 3.49. The lowest BCUT2D eigenvalue weighted by molar-refractivity contribution is 0.496. The first-order valence-electron chi connectivity index (χ1n) is 8.46. The molecule has 134 valence electrons. The molecule has 1 N–H and O–H groups in total. The normalized spacial score (nSPS) is 13.0. The molecule has 1 aliphatic heterocycles. The van der Waals surface area contributed by atoms with Crippen LogP contribution in [0, 0.1) is 17.5 Å². The summed E-state index contributed by atoms with van der Waals surface area (Å²) in [5.74, 6) is -2.61. The number of nitrogens with zero attached hydrogens (tertiary/aromatic N) is 3. The first kappa shape index (κ1) is 15.9. The second-order valence-corrected chi connectivity index (χ2v) is 6.37. The van der Waals surface area contributed by atoms with Crippen molar-refractivity contribution >= 4 is 16.9 Å². The molecule has 0 saturated heterocycles. The van der Waals surface area contributed by atoms with Crippen LogP contribution in [0.2, 0.25) is 0 Å². The molecule has 2 aromatic carbocycles. The van der Waals surface area contributed by atoms with Gasteiger partial charge in [0.2, 0.25) is 5.95 Å². The molecule has 0 radical (unpaired) electrons. The van der Waals surface area contributed by atoms with E-state index < -0.39 is 17.5 Å². The molecule has 27 heavy (non-hydrogen) atoms. The summed E-state index contributed by atoms with van der Waals surface area (Å²) in [4.78, 5) is 8.76. The van der Waals surface area contributed by atoms with Crippen LogP contribution < -0.4 is 5.32 Å². The zero-order valence-electron chi connectivity index (χ0n) is 14.0. The summed E-state index contributed by atoms with van der Waals surface area (Å²) in [7, 11) is 0. The zero-order chi connectivity index (χ0) is 18.5. The maximum Gasteiger partial charge on any atom is 0.204 e. The van der Waals surface area contributed by atoms with Gasteiger partial charge in [-0.3, -0.25) is 4.98 Å². The van der Waals surface area contributed by atoms with Crippen LogP contribution in [0.4, 0.5) is 19.1 Å². The second-order valence-electron chi connectivity index (χ2n) is 6.37. The highest BCUT2D eigenvalue weighted by molar-refractivity contribution is 5.88. The third kappa shape index (κ3) is 2.46. The molecule has 0 fully saturated rings. The Bertz CT molecular complexity index is 1200. The van der Waals surface area contributed by atoms with Crippen molar-refractivity contribution in [1.82, 2.24) is 14.5 Å². The predicted molar refractivity (Wildman–Crippen MR) is 96.8 cm³/mol. The van der Waals surface area contributed by atoms with Gasteiger partial charge in [0, 0.05) is 41.9 Å². The summed E-state index contributed by atoms with van der Waals surface area (Å²) < 4.78 is 43.5. The Balaban J connectivity index is 1.78. The van der Waals surface area contributed by atoms with Crippen molar-refractivity contribution in [3.63, 3.8) is 0 Å². The highest BCUT2D eigenvalue weighted by atomic mass is 19.2. The topological polar surface area (TPSA) is 42.7 Å². The molecular weight excluding hydrogens is 353 g/mol. The summed E-state index contributed by atoms with van der Waals surface area (Å²) >= 11 is 0. The molecule has 0 atom stereocenters. The van der Waals surface area contributed by atoms with E-state index in [1.807, 2.05) is 34.9 Å². The predicted octanol–water partition coefficient (Wildman–Crippen LogP) is 4.61. The number of hydrogen-bond donors (Lipinski definition) is 1. The number of halogens is 3. The third-order valence-electron chi connectivity index (χ3n) is 4.73. The Morgan fingerprint density at radius 3 is 2.70 bits per heavy atom. The van der Waals surface area contributed by atoms with Crippen molar-refractivity contribution in [2.45, 2.75) is 6.54 Å². The van der Waals surface area contributed by atoms with E-state index in [4.69, 9.17) is 0 Å². The van der Waals surface area contributed by atoms with Gasteiger partial charge >= 0.3 is 0 Å². The van der Waals surface area contributed by atoms with Crippen LogP contribution in [0.15, 0.2) is 48.7 Å². The van der Waals surface area contributed by atoms with Crippen molar-refractivity contribution < 1.29 is 13.2 Å². The Morgan fingerprint density at radius 2 is 1.81 bits per heavy atom. The van der Waals surface area contributed by atoms with Gasteiger partial charge in [-0.2, -0.15) is 0 Å². The van der Waals surface area contributed by atoms with Gasteiger partial charge in [-0.05, 0) is 24.3 Å². The quantitative estimate of drug-likeness (QED) is 0.527. The first-order valence-corrected chi connectivity index (χ1v) is 8.46. The van der Waals surface area contributed by atoms with Crippen molar-refractivity contribution in [3.8, 4) is 22.5 Å². The zero-order valence-corrected chi connectivity index (χ0v) is 14.0. The molecule has 5 rings (SSSR count). The van der Waals surface area contributed by atoms with Crippen molar-refractivity contribution in [1.29, 1.82) is 0 Å². The van der Waals surface area contributed by atoms with E-state index in [1.54, 1.807) is 6.20 Å². The average molecular weight is 366 g/mol. The Kier molecular flexibility index (Phi) is 3.43. The molecular formula is C20H13F3N4. The van der Waals surface area contributed by atoms with Crippen LogP contribution in [0.1, 0.15) is 0 Å².